The molecule has 4 nitrogen and oxygen atoms in total. The molecule has 2 rings (SSSR count). The summed E-state index contributed by atoms with van der Waals surface area (Å²) in [7, 11) is 3.26. The summed E-state index contributed by atoms with van der Waals surface area (Å²) < 4.78 is 11.5. The Bertz CT molecular complexity index is 379. The van der Waals surface area contributed by atoms with E-state index in [0.717, 1.165) is 6.41 Å². The number of methoxy groups -OCH3 is 2. The molecule has 0 N–H and O–H groups in total. The lowest BCUT2D eigenvalue weighted by Gasteiger charge is -2.13. The number of carbonyl (C=O) groups is 1. The number of nitrogens with zero attached hydrogens (tertiary/aromatic N) is 1. The molecule has 2 unspecified atom stereocenters. The maximum atomic E-state index is 10.3. The fourth-order valence-electron chi connectivity index (χ4n) is 1.91. The maximum absolute atomic E-state index is 10.3. The Morgan fingerprint density at radius 3 is 2.05 bits per heavy atom. The van der Waals surface area contributed by atoms with Crippen LogP contribution in [0.1, 0.15) is 9.75 Å². The van der Waals surface area contributed by atoms with E-state index in [2.05, 4.69) is 35.8 Å². The van der Waals surface area contributed by atoms with Crippen LogP contribution in [0.25, 0.3) is 0 Å². The van der Waals surface area contributed by atoms with Gasteiger partial charge in [-0.15, -0.1) is 11.3 Å². The van der Waals surface area contributed by atoms with Gasteiger partial charge in [0.1, 0.15) is 12.2 Å². The van der Waals surface area contributed by atoms with Gasteiger partial charge in [-0.3, -0.25) is 4.79 Å². The van der Waals surface area contributed by atoms with Crippen LogP contribution in [-0.4, -0.2) is 50.8 Å². The summed E-state index contributed by atoms with van der Waals surface area (Å²) in [5.74, 6) is 0. The van der Waals surface area contributed by atoms with Gasteiger partial charge in [0.05, 0.1) is 0 Å². The number of likely N-dealkylation sites (tertiary alicyclic amines) is 1. The number of thiophene rings is 1. The van der Waals surface area contributed by atoms with Crippen molar-refractivity contribution in [1.29, 1.82) is 0 Å². The molecule has 0 aromatic carbocycles. The Morgan fingerprint density at radius 1 is 1.32 bits per heavy atom. The van der Waals surface area contributed by atoms with Crippen LogP contribution in [0.3, 0.4) is 0 Å². The summed E-state index contributed by atoms with van der Waals surface area (Å²) in [6.45, 7) is 5.50. The second-order valence-electron chi connectivity index (χ2n) is 4.37. The average molecular weight is 350 g/mol. The van der Waals surface area contributed by atoms with Gasteiger partial charge in [0.25, 0.3) is 0 Å². The third-order valence-corrected chi connectivity index (χ3v) is 5.03. The molecule has 0 bridgehead atoms. The average Bonchev–Trinajstić information content (AvgIpc) is 2.93. The molecule has 0 aliphatic carbocycles. The van der Waals surface area contributed by atoms with Gasteiger partial charge in [-0.05, 0) is 35.8 Å². The molecule has 2 atom stereocenters. The Morgan fingerprint density at radius 2 is 1.84 bits per heavy atom. The third kappa shape index (κ3) is 4.87. The molecule has 1 fully saturated rings. The molecular weight excluding hydrogens is 330 g/mol. The lowest BCUT2D eigenvalue weighted by atomic mass is 10.3. The van der Waals surface area contributed by atoms with Crippen LogP contribution in [0, 0.1) is 13.8 Å². The van der Waals surface area contributed by atoms with Crippen LogP contribution in [0.15, 0.2) is 10.5 Å². The summed E-state index contributed by atoms with van der Waals surface area (Å²) >= 11 is 5.25. The summed E-state index contributed by atoms with van der Waals surface area (Å²) in [4.78, 5) is 14.7. The first-order chi connectivity index (χ1) is 9.01. The Kier molecular flexibility index (Phi) is 6.99. The molecule has 1 saturated heterocycles. The second kappa shape index (κ2) is 7.99. The number of aryl methyl sites for hydroxylation is 2. The van der Waals surface area contributed by atoms with Gasteiger partial charge < -0.3 is 14.4 Å². The lowest BCUT2D eigenvalue weighted by molar-refractivity contribution is -0.117. The quantitative estimate of drug-likeness (QED) is 0.787. The van der Waals surface area contributed by atoms with Crippen molar-refractivity contribution in [3.63, 3.8) is 0 Å². The van der Waals surface area contributed by atoms with Gasteiger partial charge in [-0.2, -0.15) is 0 Å². The van der Waals surface area contributed by atoms with E-state index in [1.54, 1.807) is 19.1 Å². The smallest absolute Gasteiger partial charge is 0.209 e. The van der Waals surface area contributed by atoms with Gasteiger partial charge in [0, 0.05) is 41.5 Å². The summed E-state index contributed by atoms with van der Waals surface area (Å²) in [6.07, 6.45) is 0.890. The molecule has 108 valence electrons. The number of ether oxygens (including phenoxy) is 2. The molecule has 19 heavy (non-hydrogen) atoms. The highest BCUT2D eigenvalue weighted by atomic mass is 79.9. The standard InChI is InChI=1S/C7H13NO3.C6H7BrS/c1-10-6-3-8(5-9)4-7(6)11-2;1-4-3-6(7)5(2)8-4/h5-7H,3-4H2,1-2H3;3H,1-2H3. The van der Waals surface area contributed by atoms with Crippen molar-refractivity contribution >= 4 is 33.7 Å². The molecule has 1 aliphatic rings. The first kappa shape index (κ1) is 16.6. The summed E-state index contributed by atoms with van der Waals surface area (Å²) in [6, 6.07) is 2.14. The number of rotatable bonds is 3. The van der Waals surface area contributed by atoms with Crippen LogP contribution >= 0.6 is 27.3 Å². The molecule has 0 saturated carbocycles. The SMILES string of the molecule is COC1CN(C=O)CC1OC.Cc1cc(Br)c(C)s1. The summed E-state index contributed by atoms with van der Waals surface area (Å²) in [5, 5.41) is 0. The van der Waals surface area contributed by atoms with Crippen LogP contribution in [0.4, 0.5) is 0 Å². The van der Waals surface area contributed by atoms with E-state index in [-0.39, 0.29) is 12.2 Å². The van der Waals surface area contributed by atoms with Gasteiger partial charge >= 0.3 is 0 Å². The topological polar surface area (TPSA) is 38.8 Å². The van der Waals surface area contributed by atoms with E-state index < -0.39 is 0 Å². The van der Waals surface area contributed by atoms with E-state index in [1.807, 2.05) is 11.3 Å². The Balaban J connectivity index is 0.000000200. The van der Waals surface area contributed by atoms with Crippen molar-refractivity contribution in [1.82, 2.24) is 4.90 Å². The van der Waals surface area contributed by atoms with Gasteiger partial charge in [0.15, 0.2) is 0 Å². The molecular formula is C13H20BrNO3S. The van der Waals surface area contributed by atoms with E-state index in [9.17, 15) is 4.79 Å². The molecule has 1 amide bonds. The number of carbonyl (C=O) groups excluding carboxylic acids is 1. The van der Waals surface area contributed by atoms with Crippen LogP contribution in [-0.2, 0) is 14.3 Å². The third-order valence-electron chi connectivity index (χ3n) is 2.98. The molecule has 2 heterocycles. The molecule has 1 aromatic rings. The lowest BCUT2D eigenvalue weighted by Crippen LogP contribution is -2.27. The highest BCUT2D eigenvalue weighted by Crippen LogP contribution is 2.24. The van der Waals surface area contributed by atoms with Gasteiger partial charge in [-0.25, -0.2) is 0 Å². The number of halogens is 1. The molecule has 1 aromatic heterocycles. The van der Waals surface area contributed by atoms with Crippen molar-refractivity contribution in [2.45, 2.75) is 26.1 Å². The molecule has 1 aliphatic heterocycles. The number of hydrogen-bond acceptors (Lipinski definition) is 4. The maximum Gasteiger partial charge on any atom is 0.209 e. The van der Waals surface area contributed by atoms with Crippen LogP contribution in [0.2, 0.25) is 0 Å². The van der Waals surface area contributed by atoms with Gasteiger partial charge in [-0.1, -0.05) is 0 Å². The minimum Gasteiger partial charge on any atom is -0.377 e. The Labute approximate surface area is 126 Å². The molecule has 6 heteroatoms. The van der Waals surface area contributed by atoms with Crippen molar-refractivity contribution < 1.29 is 14.3 Å². The van der Waals surface area contributed by atoms with Crippen molar-refractivity contribution in [2.75, 3.05) is 27.3 Å². The zero-order valence-electron chi connectivity index (χ0n) is 11.7. The van der Waals surface area contributed by atoms with E-state index in [4.69, 9.17) is 9.47 Å². The zero-order chi connectivity index (χ0) is 14.4. The van der Waals surface area contributed by atoms with Gasteiger partial charge in [0.2, 0.25) is 6.41 Å². The predicted molar refractivity (Wildman–Crippen MR) is 80.7 cm³/mol. The Hall–Kier alpha value is -0.430. The minimum absolute atomic E-state index is 0.0326. The molecule has 0 spiro atoms. The molecule has 0 radical (unpaired) electrons. The van der Waals surface area contributed by atoms with Crippen molar-refractivity contribution in [3.05, 3.63) is 20.3 Å². The largest absolute Gasteiger partial charge is 0.377 e. The van der Waals surface area contributed by atoms with Crippen LogP contribution in [0.5, 0.6) is 0 Å². The highest BCUT2D eigenvalue weighted by molar-refractivity contribution is 9.10. The number of amides is 1. The van der Waals surface area contributed by atoms with E-state index in [1.165, 1.54) is 14.2 Å². The summed E-state index contributed by atoms with van der Waals surface area (Å²) in [5.41, 5.74) is 0. The highest BCUT2D eigenvalue weighted by Gasteiger charge is 2.31. The van der Waals surface area contributed by atoms with Crippen molar-refractivity contribution in [3.8, 4) is 0 Å². The zero-order valence-corrected chi connectivity index (χ0v) is 14.1. The first-order valence-electron chi connectivity index (χ1n) is 5.99. The second-order valence-corrected chi connectivity index (χ2v) is 6.68. The van der Waals surface area contributed by atoms with E-state index in [0.29, 0.717) is 13.1 Å². The first-order valence-corrected chi connectivity index (χ1v) is 7.60. The van der Waals surface area contributed by atoms with Crippen molar-refractivity contribution in [2.24, 2.45) is 0 Å². The fourth-order valence-corrected chi connectivity index (χ4v) is 3.46. The minimum atomic E-state index is 0.0326. The van der Waals surface area contributed by atoms with E-state index >= 15 is 0 Å². The number of hydrogen-bond donors (Lipinski definition) is 0. The van der Waals surface area contributed by atoms with Crippen LogP contribution < -0.4 is 0 Å². The predicted octanol–water partition coefficient (Wildman–Crippen LogP) is 2.62. The monoisotopic (exact) mass is 349 g/mol. The normalized spacial score (nSPS) is 22.1. The fraction of sp³-hybridized carbons (Fsp3) is 0.615.